The number of aromatic amines is 1. The van der Waals surface area contributed by atoms with Crippen molar-refractivity contribution in [2.75, 3.05) is 6.54 Å². The first-order chi connectivity index (χ1) is 7.36. The van der Waals surface area contributed by atoms with Crippen molar-refractivity contribution in [2.24, 2.45) is 0 Å². The Kier molecular flexibility index (Phi) is 3.47. The van der Waals surface area contributed by atoms with E-state index in [4.69, 9.17) is 0 Å². The molecule has 0 aromatic carbocycles. The molecular weight excluding hydrogens is 208 g/mol. The fraction of sp³-hybridized carbons (Fsp3) is 0.400. The Morgan fingerprint density at radius 3 is 3.13 bits per heavy atom. The number of nitrogens with zero attached hydrogens (tertiary/aromatic N) is 2. The van der Waals surface area contributed by atoms with Crippen LogP contribution in [0.2, 0.25) is 0 Å². The van der Waals surface area contributed by atoms with Crippen LogP contribution < -0.4 is 5.32 Å². The quantitative estimate of drug-likeness (QED) is 0.754. The van der Waals surface area contributed by atoms with Crippen molar-refractivity contribution in [1.82, 2.24) is 20.5 Å². The maximum absolute atomic E-state index is 4.23. The van der Waals surface area contributed by atoms with Crippen LogP contribution in [0.1, 0.15) is 16.3 Å². The second-order valence-electron chi connectivity index (χ2n) is 3.37. The second kappa shape index (κ2) is 5.04. The highest BCUT2D eigenvalue weighted by Gasteiger charge is 1.99. The summed E-state index contributed by atoms with van der Waals surface area (Å²) in [7, 11) is 0. The smallest absolute Gasteiger partial charge is 0.0937 e. The van der Waals surface area contributed by atoms with E-state index in [1.54, 1.807) is 11.3 Å². The van der Waals surface area contributed by atoms with Crippen LogP contribution in [0.15, 0.2) is 17.8 Å². The lowest BCUT2D eigenvalue weighted by Crippen LogP contribution is -2.16. The van der Waals surface area contributed by atoms with Crippen molar-refractivity contribution >= 4 is 11.3 Å². The van der Waals surface area contributed by atoms with Crippen LogP contribution in [0.3, 0.4) is 0 Å². The molecule has 80 valence electrons. The highest BCUT2D eigenvalue weighted by molar-refractivity contribution is 7.09. The molecule has 2 aromatic rings. The van der Waals surface area contributed by atoms with Gasteiger partial charge in [-0.1, -0.05) is 0 Å². The minimum Gasteiger partial charge on any atom is -0.312 e. The van der Waals surface area contributed by atoms with Gasteiger partial charge in [0.1, 0.15) is 0 Å². The maximum atomic E-state index is 4.23. The summed E-state index contributed by atoms with van der Waals surface area (Å²) < 4.78 is 0. The standard InChI is InChI=1S/C10H14N4S/c1-8-9(7-13-14-8)6-11-3-2-10-12-4-5-15-10/h4-5,7,11H,2-3,6H2,1H3,(H,13,14). The monoisotopic (exact) mass is 222 g/mol. The van der Waals surface area contributed by atoms with E-state index in [1.165, 1.54) is 10.6 Å². The van der Waals surface area contributed by atoms with E-state index in [0.29, 0.717) is 0 Å². The van der Waals surface area contributed by atoms with Gasteiger partial charge in [0.2, 0.25) is 0 Å². The summed E-state index contributed by atoms with van der Waals surface area (Å²) in [6.45, 7) is 3.86. The van der Waals surface area contributed by atoms with E-state index in [9.17, 15) is 0 Å². The molecule has 0 saturated heterocycles. The molecule has 0 fully saturated rings. The van der Waals surface area contributed by atoms with Gasteiger partial charge >= 0.3 is 0 Å². The summed E-state index contributed by atoms with van der Waals surface area (Å²) in [6.07, 6.45) is 4.71. The molecule has 0 unspecified atom stereocenters. The number of aromatic nitrogens is 3. The fourth-order valence-corrected chi connectivity index (χ4v) is 1.97. The molecule has 0 aliphatic carbocycles. The van der Waals surface area contributed by atoms with Crippen molar-refractivity contribution in [3.63, 3.8) is 0 Å². The molecule has 0 spiro atoms. The molecule has 2 heterocycles. The molecule has 0 aliphatic heterocycles. The predicted molar refractivity (Wildman–Crippen MR) is 60.8 cm³/mol. The summed E-state index contributed by atoms with van der Waals surface area (Å²) >= 11 is 1.70. The first-order valence-electron chi connectivity index (χ1n) is 4.94. The number of rotatable bonds is 5. The average Bonchev–Trinajstić information content (AvgIpc) is 2.85. The van der Waals surface area contributed by atoms with E-state index in [1.807, 2.05) is 24.7 Å². The molecule has 0 saturated carbocycles. The number of nitrogens with one attached hydrogen (secondary N) is 2. The van der Waals surface area contributed by atoms with E-state index >= 15 is 0 Å². The Morgan fingerprint density at radius 2 is 2.47 bits per heavy atom. The molecule has 4 nitrogen and oxygen atoms in total. The molecule has 0 bridgehead atoms. The second-order valence-corrected chi connectivity index (χ2v) is 4.35. The molecule has 5 heteroatoms. The first kappa shape index (κ1) is 10.3. The third-order valence-corrected chi connectivity index (χ3v) is 3.09. The van der Waals surface area contributed by atoms with Gasteiger partial charge in [-0.2, -0.15) is 5.10 Å². The van der Waals surface area contributed by atoms with E-state index < -0.39 is 0 Å². The normalized spacial score (nSPS) is 10.7. The van der Waals surface area contributed by atoms with Gasteiger partial charge in [0.15, 0.2) is 0 Å². The van der Waals surface area contributed by atoms with Crippen LogP contribution in [-0.4, -0.2) is 21.7 Å². The summed E-state index contributed by atoms with van der Waals surface area (Å²) in [6, 6.07) is 0. The molecule has 2 rings (SSSR count). The Morgan fingerprint density at radius 1 is 1.53 bits per heavy atom. The Bertz CT molecular complexity index is 393. The molecule has 0 amide bonds. The third kappa shape index (κ3) is 2.87. The lowest BCUT2D eigenvalue weighted by atomic mass is 10.2. The van der Waals surface area contributed by atoms with E-state index in [2.05, 4.69) is 20.5 Å². The van der Waals surface area contributed by atoms with Crippen LogP contribution in [0.5, 0.6) is 0 Å². The molecular formula is C10H14N4S. The molecule has 2 N–H and O–H groups in total. The Balaban J connectivity index is 1.70. The van der Waals surface area contributed by atoms with Crippen molar-refractivity contribution in [3.8, 4) is 0 Å². The maximum Gasteiger partial charge on any atom is 0.0937 e. The lowest BCUT2D eigenvalue weighted by molar-refractivity contribution is 0.683. The Labute approximate surface area is 92.8 Å². The third-order valence-electron chi connectivity index (χ3n) is 2.25. The number of thiazole rings is 1. The number of hydrogen-bond acceptors (Lipinski definition) is 4. The number of H-pyrrole nitrogens is 1. The van der Waals surface area contributed by atoms with Crippen LogP contribution in [0.25, 0.3) is 0 Å². The highest BCUT2D eigenvalue weighted by atomic mass is 32.1. The van der Waals surface area contributed by atoms with Crippen molar-refractivity contribution in [1.29, 1.82) is 0 Å². The topological polar surface area (TPSA) is 53.6 Å². The summed E-state index contributed by atoms with van der Waals surface area (Å²) in [5.41, 5.74) is 2.37. The first-order valence-corrected chi connectivity index (χ1v) is 5.82. The van der Waals surface area contributed by atoms with Gasteiger partial charge in [-0.05, 0) is 6.92 Å². The van der Waals surface area contributed by atoms with Crippen LogP contribution >= 0.6 is 11.3 Å². The van der Waals surface area contributed by atoms with E-state index in [-0.39, 0.29) is 0 Å². The fourth-order valence-electron chi connectivity index (χ4n) is 1.35. The largest absolute Gasteiger partial charge is 0.312 e. The van der Waals surface area contributed by atoms with E-state index in [0.717, 1.165) is 25.2 Å². The minimum absolute atomic E-state index is 0.869. The molecule has 15 heavy (non-hydrogen) atoms. The SMILES string of the molecule is Cc1[nH]ncc1CNCCc1nccs1. The number of aryl methyl sites for hydroxylation is 1. The van der Waals surface area contributed by atoms with Gasteiger partial charge in [0.05, 0.1) is 11.2 Å². The van der Waals surface area contributed by atoms with Gasteiger partial charge in [0, 0.05) is 42.3 Å². The van der Waals surface area contributed by atoms with Gasteiger partial charge in [-0.25, -0.2) is 4.98 Å². The molecule has 2 aromatic heterocycles. The highest BCUT2D eigenvalue weighted by Crippen LogP contribution is 2.04. The number of hydrogen-bond donors (Lipinski definition) is 2. The van der Waals surface area contributed by atoms with Crippen LogP contribution in [-0.2, 0) is 13.0 Å². The zero-order chi connectivity index (χ0) is 10.5. The predicted octanol–water partition coefficient (Wildman–Crippen LogP) is 1.51. The molecule has 0 aliphatic rings. The van der Waals surface area contributed by atoms with Crippen molar-refractivity contribution < 1.29 is 0 Å². The Hall–Kier alpha value is -1.20. The van der Waals surface area contributed by atoms with Crippen molar-refractivity contribution in [2.45, 2.75) is 19.9 Å². The summed E-state index contributed by atoms with van der Waals surface area (Å²) in [4.78, 5) is 4.23. The van der Waals surface area contributed by atoms with Gasteiger partial charge in [-0.3, -0.25) is 5.10 Å². The average molecular weight is 222 g/mol. The van der Waals surface area contributed by atoms with Gasteiger partial charge < -0.3 is 5.32 Å². The van der Waals surface area contributed by atoms with Crippen LogP contribution in [0, 0.1) is 6.92 Å². The van der Waals surface area contributed by atoms with Crippen molar-refractivity contribution in [3.05, 3.63) is 34.0 Å². The zero-order valence-electron chi connectivity index (χ0n) is 8.66. The van der Waals surface area contributed by atoms with Gasteiger partial charge in [-0.15, -0.1) is 11.3 Å². The van der Waals surface area contributed by atoms with Crippen LogP contribution in [0.4, 0.5) is 0 Å². The summed E-state index contributed by atoms with van der Waals surface area (Å²) in [5.74, 6) is 0. The molecule has 0 radical (unpaired) electrons. The van der Waals surface area contributed by atoms with Gasteiger partial charge in [0.25, 0.3) is 0 Å². The zero-order valence-corrected chi connectivity index (χ0v) is 9.47. The minimum atomic E-state index is 0.869. The lowest BCUT2D eigenvalue weighted by Gasteiger charge is -2.01. The summed E-state index contributed by atoms with van der Waals surface area (Å²) in [5, 5.41) is 13.5. The molecule has 0 atom stereocenters.